The first kappa shape index (κ1) is 24.7. The molecule has 2 aromatic rings. The van der Waals surface area contributed by atoms with Crippen LogP contribution in [0.25, 0.3) is 0 Å². The third-order valence-corrected chi connectivity index (χ3v) is 6.30. The molecule has 0 spiro atoms. The van der Waals surface area contributed by atoms with Crippen LogP contribution in [-0.2, 0) is 14.8 Å². The van der Waals surface area contributed by atoms with Crippen molar-refractivity contribution in [2.75, 3.05) is 23.7 Å². The van der Waals surface area contributed by atoms with E-state index in [2.05, 4.69) is 19.2 Å². The Morgan fingerprint density at radius 3 is 2.42 bits per heavy atom. The minimum atomic E-state index is -3.66. The summed E-state index contributed by atoms with van der Waals surface area (Å²) in [5.41, 5.74) is 3.38. The predicted octanol–water partition coefficient (Wildman–Crippen LogP) is 4.17. The Kier molecular flexibility index (Phi) is 8.51. The number of nitrogens with one attached hydrogen (secondary N) is 1. The summed E-state index contributed by atoms with van der Waals surface area (Å²) in [6, 6.07) is 12.6. The van der Waals surface area contributed by atoms with Crippen molar-refractivity contribution in [3.8, 4) is 5.75 Å². The lowest BCUT2D eigenvalue weighted by molar-refractivity contribution is -0.122. The Morgan fingerprint density at radius 2 is 1.81 bits per heavy atom. The first-order valence-corrected chi connectivity index (χ1v) is 12.5. The second-order valence-corrected chi connectivity index (χ2v) is 9.96. The molecule has 31 heavy (non-hydrogen) atoms. The number of hydrogen-bond donors (Lipinski definition) is 1. The van der Waals surface area contributed by atoms with Gasteiger partial charge >= 0.3 is 0 Å². The smallest absolute Gasteiger partial charge is 0.244 e. The van der Waals surface area contributed by atoms with Gasteiger partial charge in [-0.15, -0.1) is 0 Å². The van der Waals surface area contributed by atoms with Gasteiger partial charge in [0.25, 0.3) is 0 Å². The first-order valence-electron chi connectivity index (χ1n) is 10.6. The van der Waals surface area contributed by atoms with Gasteiger partial charge in [0, 0.05) is 0 Å². The van der Waals surface area contributed by atoms with Gasteiger partial charge in [-0.2, -0.15) is 0 Å². The van der Waals surface area contributed by atoms with E-state index in [4.69, 9.17) is 4.74 Å². The Labute approximate surface area is 186 Å². The summed E-state index contributed by atoms with van der Waals surface area (Å²) in [6.07, 6.45) is 1.49. The summed E-state index contributed by atoms with van der Waals surface area (Å²) in [4.78, 5) is 12.9. The molecular weight excluding hydrogens is 412 g/mol. The lowest BCUT2D eigenvalue weighted by Crippen LogP contribution is -2.50. The van der Waals surface area contributed by atoms with E-state index < -0.39 is 16.1 Å². The van der Waals surface area contributed by atoms with E-state index in [1.807, 2.05) is 57.2 Å². The average Bonchev–Trinajstić information content (AvgIpc) is 2.70. The average molecular weight is 447 g/mol. The number of ether oxygens (including phenoxy) is 1. The first-order chi connectivity index (χ1) is 14.6. The molecule has 0 aliphatic rings. The minimum absolute atomic E-state index is 0.284. The number of para-hydroxylation sites is 1. The summed E-state index contributed by atoms with van der Waals surface area (Å²) in [5, 5.41) is 2.84. The zero-order valence-corrected chi connectivity index (χ0v) is 20.1. The second-order valence-electron chi connectivity index (χ2n) is 8.10. The number of hydrogen-bond acceptors (Lipinski definition) is 4. The Hall–Kier alpha value is -2.54. The molecule has 6 nitrogen and oxygen atoms in total. The molecule has 2 rings (SSSR count). The van der Waals surface area contributed by atoms with Crippen molar-refractivity contribution < 1.29 is 17.9 Å². The van der Waals surface area contributed by atoms with Crippen LogP contribution in [0.5, 0.6) is 5.75 Å². The standard InChI is InChI=1S/C24H34N2O4S/c1-7-21(26(31(6,28)29)22-16-18(4)12-13-19(22)5)24(27)25-14-15-30-23-11-9-8-10-20(23)17(2)3/h8-13,16-17,21H,7,14-15H2,1-6H3,(H,25,27)/t21-/m0/s1. The normalized spacial score (nSPS) is 12.5. The maximum absolute atomic E-state index is 12.9. The number of aryl methyl sites for hydroxylation is 2. The summed E-state index contributed by atoms with van der Waals surface area (Å²) < 4.78 is 32.4. The molecule has 1 atom stereocenters. The van der Waals surface area contributed by atoms with Crippen molar-refractivity contribution >= 4 is 21.6 Å². The zero-order valence-electron chi connectivity index (χ0n) is 19.3. The lowest BCUT2D eigenvalue weighted by Gasteiger charge is -2.31. The Morgan fingerprint density at radius 1 is 1.13 bits per heavy atom. The SMILES string of the molecule is CC[C@@H](C(=O)NCCOc1ccccc1C(C)C)N(c1cc(C)ccc1C)S(C)(=O)=O. The highest BCUT2D eigenvalue weighted by Crippen LogP contribution is 2.28. The number of nitrogens with zero attached hydrogens (tertiary/aromatic N) is 1. The van der Waals surface area contributed by atoms with Crippen LogP contribution in [0.2, 0.25) is 0 Å². The fourth-order valence-electron chi connectivity index (χ4n) is 3.53. The Balaban J connectivity index is 2.12. The largest absolute Gasteiger partial charge is 0.491 e. The van der Waals surface area contributed by atoms with E-state index >= 15 is 0 Å². The van der Waals surface area contributed by atoms with Crippen LogP contribution in [0, 0.1) is 13.8 Å². The molecular formula is C24H34N2O4S. The molecule has 0 aliphatic carbocycles. The highest BCUT2D eigenvalue weighted by molar-refractivity contribution is 7.92. The van der Waals surface area contributed by atoms with E-state index in [1.165, 1.54) is 4.31 Å². The molecule has 1 amide bonds. The molecule has 0 bridgehead atoms. The topological polar surface area (TPSA) is 75.7 Å². The number of amides is 1. The van der Waals surface area contributed by atoms with Gasteiger partial charge in [-0.3, -0.25) is 9.10 Å². The number of rotatable bonds is 10. The van der Waals surface area contributed by atoms with E-state index in [1.54, 1.807) is 6.07 Å². The summed E-state index contributed by atoms with van der Waals surface area (Å²) >= 11 is 0. The molecule has 2 aromatic carbocycles. The van der Waals surface area contributed by atoms with Crippen molar-refractivity contribution in [3.05, 3.63) is 59.2 Å². The summed E-state index contributed by atoms with van der Waals surface area (Å²) in [6.45, 7) is 10.3. The fourth-order valence-corrected chi connectivity index (χ4v) is 4.80. The highest BCUT2D eigenvalue weighted by atomic mass is 32.2. The van der Waals surface area contributed by atoms with Gasteiger partial charge in [-0.1, -0.05) is 51.1 Å². The van der Waals surface area contributed by atoms with Gasteiger partial charge in [-0.25, -0.2) is 8.42 Å². The maximum Gasteiger partial charge on any atom is 0.244 e. The third kappa shape index (κ3) is 6.47. The molecule has 0 aromatic heterocycles. The summed E-state index contributed by atoms with van der Waals surface area (Å²) in [5.74, 6) is 0.790. The van der Waals surface area contributed by atoms with Crippen LogP contribution in [0.1, 0.15) is 49.8 Å². The van der Waals surface area contributed by atoms with Crippen molar-refractivity contribution in [3.63, 3.8) is 0 Å². The lowest BCUT2D eigenvalue weighted by atomic mass is 10.0. The van der Waals surface area contributed by atoms with Crippen molar-refractivity contribution in [2.45, 2.75) is 53.0 Å². The van der Waals surface area contributed by atoms with Gasteiger partial charge in [0.2, 0.25) is 15.9 Å². The molecule has 7 heteroatoms. The Bertz CT molecular complexity index is 1000. The number of benzene rings is 2. The van der Waals surface area contributed by atoms with Gasteiger partial charge < -0.3 is 10.1 Å². The number of anilines is 1. The van der Waals surface area contributed by atoms with E-state index in [-0.39, 0.29) is 12.5 Å². The van der Waals surface area contributed by atoms with E-state index in [9.17, 15) is 13.2 Å². The number of sulfonamides is 1. The molecule has 0 radical (unpaired) electrons. The van der Waals surface area contributed by atoms with Crippen LogP contribution < -0.4 is 14.4 Å². The molecule has 0 saturated carbocycles. The van der Waals surface area contributed by atoms with Crippen LogP contribution >= 0.6 is 0 Å². The van der Waals surface area contributed by atoms with Crippen LogP contribution in [0.3, 0.4) is 0 Å². The second kappa shape index (κ2) is 10.7. The zero-order chi connectivity index (χ0) is 23.2. The fraction of sp³-hybridized carbons (Fsp3) is 0.458. The molecule has 1 N–H and O–H groups in total. The highest BCUT2D eigenvalue weighted by Gasteiger charge is 2.32. The number of carbonyl (C=O) groups excluding carboxylic acids is 1. The molecule has 0 saturated heterocycles. The maximum atomic E-state index is 12.9. The van der Waals surface area contributed by atoms with Gasteiger partial charge in [-0.05, 0) is 55.0 Å². The van der Waals surface area contributed by atoms with Crippen molar-refractivity contribution in [1.82, 2.24) is 5.32 Å². The van der Waals surface area contributed by atoms with Crippen molar-refractivity contribution in [2.24, 2.45) is 0 Å². The minimum Gasteiger partial charge on any atom is -0.491 e. The van der Waals surface area contributed by atoms with Crippen LogP contribution in [-0.4, -0.2) is 39.8 Å². The summed E-state index contributed by atoms with van der Waals surface area (Å²) in [7, 11) is -3.66. The predicted molar refractivity (Wildman–Crippen MR) is 126 cm³/mol. The van der Waals surface area contributed by atoms with Gasteiger partial charge in [0.05, 0.1) is 18.5 Å². The molecule has 0 heterocycles. The quantitative estimate of drug-likeness (QED) is 0.556. The molecule has 0 unspecified atom stereocenters. The molecule has 170 valence electrons. The van der Waals surface area contributed by atoms with E-state index in [0.29, 0.717) is 24.6 Å². The van der Waals surface area contributed by atoms with Gasteiger partial charge in [0.1, 0.15) is 18.4 Å². The van der Waals surface area contributed by atoms with E-state index in [0.717, 1.165) is 28.7 Å². The number of carbonyl (C=O) groups is 1. The molecule has 0 aliphatic heterocycles. The molecule has 0 fully saturated rings. The third-order valence-electron chi connectivity index (χ3n) is 5.13. The van der Waals surface area contributed by atoms with Crippen LogP contribution in [0.4, 0.5) is 5.69 Å². The van der Waals surface area contributed by atoms with Crippen LogP contribution in [0.15, 0.2) is 42.5 Å². The van der Waals surface area contributed by atoms with Crippen molar-refractivity contribution in [1.29, 1.82) is 0 Å². The van der Waals surface area contributed by atoms with Gasteiger partial charge in [0.15, 0.2) is 0 Å². The monoisotopic (exact) mass is 446 g/mol.